The Morgan fingerprint density at radius 3 is 2.48 bits per heavy atom. The lowest BCUT2D eigenvalue weighted by Gasteiger charge is -2.27. The van der Waals surface area contributed by atoms with E-state index in [1.54, 1.807) is 0 Å². The summed E-state index contributed by atoms with van der Waals surface area (Å²) in [6.45, 7) is 6.23. The first-order valence-electron chi connectivity index (χ1n) is 7.91. The lowest BCUT2D eigenvalue weighted by atomic mass is 10.1. The highest BCUT2D eigenvalue weighted by Gasteiger charge is 2.13. The topological polar surface area (TPSA) is 33.4 Å². The second-order valence-electron chi connectivity index (χ2n) is 5.10. The van der Waals surface area contributed by atoms with Crippen molar-refractivity contribution in [3.8, 4) is 0 Å². The van der Waals surface area contributed by atoms with Crippen LogP contribution in [0.1, 0.15) is 33.1 Å². The van der Waals surface area contributed by atoms with Crippen molar-refractivity contribution in [2.24, 2.45) is 0 Å². The first kappa shape index (κ1) is 13.9. The van der Waals surface area contributed by atoms with E-state index in [-0.39, 0.29) is 0 Å². The number of anilines is 1. The SMILES string of the molecule is CC.c1ccc2c(c1)nc1nc(N3CCCCC3)ccn12. The highest BCUT2D eigenvalue weighted by molar-refractivity contribution is 5.79. The number of piperidine rings is 1. The van der Waals surface area contributed by atoms with Gasteiger partial charge in [0, 0.05) is 19.3 Å². The van der Waals surface area contributed by atoms with Crippen molar-refractivity contribution < 1.29 is 0 Å². The molecule has 4 heteroatoms. The maximum atomic E-state index is 4.71. The van der Waals surface area contributed by atoms with Crippen LogP contribution in [0.15, 0.2) is 36.5 Å². The minimum Gasteiger partial charge on any atom is -0.356 e. The van der Waals surface area contributed by atoms with Gasteiger partial charge in [-0.05, 0) is 37.5 Å². The number of hydrogen-bond acceptors (Lipinski definition) is 3. The average Bonchev–Trinajstić information content (AvgIpc) is 2.95. The van der Waals surface area contributed by atoms with E-state index >= 15 is 0 Å². The van der Waals surface area contributed by atoms with Crippen LogP contribution >= 0.6 is 0 Å². The Labute approximate surface area is 125 Å². The fourth-order valence-electron chi connectivity index (χ4n) is 2.84. The molecule has 0 saturated carbocycles. The molecule has 1 aromatic carbocycles. The average molecular weight is 282 g/mol. The van der Waals surface area contributed by atoms with Crippen molar-refractivity contribution in [1.82, 2.24) is 14.4 Å². The summed E-state index contributed by atoms with van der Waals surface area (Å²) in [4.78, 5) is 11.7. The predicted octanol–water partition coefficient (Wildman–Crippen LogP) is 3.90. The zero-order valence-electron chi connectivity index (χ0n) is 12.8. The molecule has 3 aromatic rings. The molecule has 0 N–H and O–H groups in total. The Morgan fingerprint density at radius 1 is 0.905 bits per heavy atom. The van der Waals surface area contributed by atoms with Crippen LogP contribution in [-0.2, 0) is 0 Å². The lowest BCUT2D eigenvalue weighted by molar-refractivity contribution is 0.573. The highest BCUT2D eigenvalue weighted by atomic mass is 15.2. The van der Waals surface area contributed by atoms with E-state index in [1.165, 1.54) is 19.3 Å². The number of para-hydroxylation sites is 2. The number of hydrogen-bond donors (Lipinski definition) is 0. The van der Waals surface area contributed by atoms with E-state index in [9.17, 15) is 0 Å². The molecule has 0 atom stereocenters. The van der Waals surface area contributed by atoms with Gasteiger partial charge in [0.1, 0.15) is 5.82 Å². The summed E-state index contributed by atoms with van der Waals surface area (Å²) in [5.74, 6) is 1.85. The molecule has 1 fully saturated rings. The van der Waals surface area contributed by atoms with E-state index < -0.39 is 0 Å². The van der Waals surface area contributed by atoms with Gasteiger partial charge in [0.2, 0.25) is 5.78 Å². The third-order valence-corrected chi connectivity index (χ3v) is 3.84. The quantitative estimate of drug-likeness (QED) is 0.678. The maximum absolute atomic E-state index is 4.71. The lowest BCUT2D eigenvalue weighted by Crippen LogP contribution is -2.30. The molecule has 4 nitrogen and oxygen atoms in total. The molecular formula is C17H22N4. The zero-order chi connectivity index (χ0) is 14.7. The second kappa shape index (κ2) is 6.12. The normalized spacial score (nSPS) is 15.0. The van der Waals surface area contributed by atoms with Gasteiger partial charge in [-0.25, -0.2) is 4.98 Å². The van der Waals surface area contributed by atoms with Gasteiger partial charge in [-0.3, -0.25) is 4.40 Å². The minimum atomic E-state index is 0.796. The molecule has 0 bridgehead atoms. The van der Waals surface area contributed by atoms with Crippen molar-refractivity contribution in [1.29, 1.82) is 0 Å². The number of aromatic nitrogens is 3. The monoisotopic (exact) mass is 282 g/mol. The summed E-state index contributed by atoms with van der Waals surface area (Å²) >= 11 is 0. The molecule has 21 heavy (non-hydrogen) atoms. The largest absolute Gasteiger partial charge is 0.356 e. The Bertz CT molecular complexity index is 726. The predicted molar refractivity (Wildman–Crippen MR) is 87.9 cm³/mol. The van der Waals surface area contributed by atoms with E-state index in [4.69, 9.17) is 4.98 Å². The fourth-order valence-corrected chi connectivity index (χ4v) is 2.84. The number of imidazole rings is 1. The van der Waals surface area contributed by atoms with Crippen LogP contribution in [0.3, 0.4) is 0 Å². The Morgan fingerprint density at radius 2 is 1.67 bits per heavy atom. The van der Waals surface area contributed by atoms with Crippen LogP contribution in [0, 0.1) is 0 Å². The summed E-state index contributed by atoms with van der Waals surface area (Å²) in [7, 11) is 0. The molecule has 110 valence electrons. The standard InChI is InChI=1S/C15H16N4.C2H6/c1-4-9-18(10-5-1)14-8-11-19-13-7-3-2-6-12(13)16-15(19)17-14;1-2/h2-3,6-8,11H,1,4-5,9-10H2;1-2H3. The molecule has 1 aliphatic rings. The second-order valence-corrected chi connectivity index (χ2v) is 5.10. The Kier molecular flexibility index (Phi) is 4.04. The minimum absolute atomic E-state index is 0.796. The number of rotatable bonds is 1. The van der Waals surface area contributed by atoms with Gasteiger partial charge >= 0.3 is 0 Å². The van der Waals surface area contributed by atoms with Crippen LogP contribution in [0.2, 0.25) is 0 Å². The third-order valence-electron chi connectivity index (χ3n) is 3.84. The Balaban J connectivity index is 0.000000636. The van der Waals surface area contributed by atoms with Gasteiger partial charge in [-0.15, -0.1) is 0 Å². The highest BCUT2D eigenvalue weighted by Crippen LogP contribution is 2.20. The van der Waals surface area contributed by atoms with Gasteiger partial charge in [0.25, 0.3) is 0 Å². The molecule has 0 radical (unpaired) electrons. The Hall–Kier alpha value is -2.10. The molecule has 0 amide bonds. The molecule has 0 unspecified atom stereocenters. The van der Waals surface area contributed by atoms with Gasteiger partial charge in [0.15, 0.2) is 0 Å². The van der Waals surface area contributed by atoms with Crippen molar-refractivity contribution >= 4 is 22.6 Å². The molecule has 0 spiro atoms. The van der Waals surface area contributed by atoms with E-state index in [0.717, 1.165) is 35.7 Å². The molecule has 1 aliphatic heterocycles. The molecule has 2 aromatic heterocycles. The molecule has 4 rings (SSSR count). The van der Waals surface area contributed by atoms with Crippen LogP contribution in [0.5, 0.6) is 0 Å². The van der Waals surface area contributed by atoms with Gasteiger partial charge < -0.3 is 4.90 Å². The number of benzene rings is 1. The number of nitrogens with zero attached hydrogens (tertiary/aromatic N) is 4. The van der Waals surface area contributed by atoms with Crippen molar-refractivity contribution in [3.63, 3.8) is 0 Å². The van der Waals surface area contributed by atoms with Crippen molar-refractivity contribution in [2.45, 2.75) is 33.1 Å². The molecular weight excluding hydrogens is 260 g/mol. The van der Waals surface area contributed by atoms with Crippen LogP contribution in [-0.4, -0.2) is 27.5 Å². The van der Waals surface area contributed by atoms with Crippen LogP contribution in [0.25, 0.3) is 16.8 Å². The third kappa shape index (κ3) is 2.58. The van der Waals surface area contributed by atoms with E-state index in [0.29, 0.717) is 0 Å². The fraction of sp³-hybridized carbons (Fsp3) is 0.412. The van der Waals surface area contributed by atoms with E-state index in [1.807, 2.05) is 32.0 Å². The van der Waals surface area contributed by atoms with Gasteiger partial charge in [0.05, 0.1) is 11.0 Å². The van der Waals surface area contributed by atoms with Crippen molar-refractivity contribution in [2.75, 3.05) is 18.0 Å². The maximum Gasteiger partial charge on any atom is 0.236 e. The molecule has 3 heterocycles. The number of fused-ring (bicyclic) bond motifs is 3. The summed E-state index contributed by atoms with van der Waals surface area (Å²) in [6, 6.07) is 10.3. The molecule has 0 aliphatic carbocycles. The molecule has 1 saturated heterocycles. The van der Waals surface area contributed by atoms with Gasteiger partial charge in [-0.1, -0.05) is 26.0 Å². The zero-order valence-corrected chi connectivity index (χ0v) is 12.8. The van der Waals surface area contributed by atoms with E-state index in [2.05, 4.69) is 32.6 Å². The summed E-state index contributed by atoms with van der Waals surface area (Å²) in [5.41, 5.74) is 2.13. The van der Waals surface area contributed by atoms with Gasteiger partial charge in [-0.2, -0.15) is 4.98 Å². The first-order chi connectivity index (χ1) is 10.4. The summed E-state index contributed by atoms with van der Waals surface area (Å²) in [6.07, 6.45) is 5.96. The smallest absolute Gasteiger partial charge is 0.236 e. The van der Waals surface area contributed by atoms with Crippen LogP contribution < -0.4 is 4.90 Å². The first-order valence-corrected chi connectivity index (χ1v) is 7.91. The summed E-state index contributed by atoms with van der Waals surface area (Å²) < 4.78 is 2.06. The van der Waals surface area contributed by atoms with Crippen LogP contribution in [0.4, 0.5) is 5.82 Å². The van der Waals surface area contributed by atoms with Crippen molar-refractivity contribution in [3.05, 3.63) is 36.5 Å². The summed E-state index contributed by atoms with van der Waals surface area (Å²) in [5, 5.41) is 0.